The van der Waals surface area contributed by atoms with Crippen LogP contribution in [0, 0.1) is 5.92 Å². The maximum Gasteiger partial charge on any atom is 0.433 e. The largest absolute Gasteiger partial charge is 0.433 e. The lowest BCUT2D eigenvalue weighted by Gasteiger charge is -2.33. The lowest BCUT2D eigenvalue weighted by molar-refractivity contribution is -0.141. The molecule has 0 unspecified atom stereocenters. The summed E-state index contributed by atoms with van der Waals surface area (Å²) in [7, 11) is 0. The minimum absolute atomic E-state index is 0.0423. The molecular formula is C21H22Cl2F3N3O. The van der Waals surface area contributed by atoms with E-state index in [2.05, 4.69) is 17.2 Å². The summed E-state index contributed by atoms with van der Waals surface area (Å²) in [5.41, 5.74) is 0.238. The average molecular weight is 460 g/mol. The van der Waals surface area contributed by atoms with Gasteiger partial charge in [0.15, 0.2) is 0 Å². The molecule has 1 aromatic carbocycles. The molecular weight excluding hydrogens is 438 g/mol. The van der Waals surface area contributed by atoms with Crippen LogP contribution in [0.1, 0.15) is 36.6 Å². The normalized spacial score (nSPS) is 15.3. The van der Waals surface area contributed by atoms with Crippen molar-refractivity contribution in [2.24, 2.45) is 5.92 Å². The van der Waals surface area contributed by atoms with E-state index < -0.39 is 11.9 Å². The van der Waals surface area contributed by atoms with Crippen LogP contribution in [0.3, 0.4) is 0 Å². The zero-order valence-electron chi connectivity index (χ0n) is 16.4. The topological polar surface area (TPSA) is 45.2 Å². The van der Waals surface area contributed by atoms with Crippen molar-refractivity contribution >= 4 is 34.9 Å². The molecule has 1 amide bonds. The Morgan fingerprint density at radius 2 is 1.83 bits per heavy atom. The zero-order valence-corrected chi connectivity index (χ0v) is 17.9. The number of alkyl halides is 3. The highest BCUT2D eigenvalue weighted by atomic mass is 35.5. The van der Waals surface area contributed by atoms with Crippen LogP contribution in [0.4, 0.5) is 19.0 Å². The Labute approximate surface area is 183 Å². The number of aromatic nitrogens is 1. The Balaban J connectivity index is 1.74. The number of nitrogens with one attached hydrogen (secondary N) is 1. The predicted molar refractivity (Wildman–Crippen MR) is 112 cm³/mol. The number of rotatable bonds is 5. The quantitative estimate of drug-likeness (QED) is 0.641. The van der Waals surface area contributed by atoms with Crippen molar-refractivity contribution < 1.29 is 18.0 Å². The highest BCUT2D eigenvalue weighted by molar-refractivity contribution is 6.35. The van der Waals surface area contributed by atoms with Gasteiger partial charge in [0.1, 0.15) is 11.5 Å². The number of carbonyl (C=O) groups excluding carboxylic acids is 1. The molecule has 2 aromatic rings. The molecule has 162 valence electrons. The summed E-state index contributed by atoms with van der Waals surface area (Å²) in [5, 5.41) is 3.62. The maximum absolute atomic E-state index is 13.2. The van der Waals surface area contributed by atoms with Crippen LogP contribution in [0.2, 0.25) is 10.0 Å². The first kappa shape index (κ1) is 22.7. The van der Waals surface area contributed by atoms with E-state index >= 15 is 0 Å². The second-order valence-corrected chi connectivity index (χ2v) is 8.38. The van der Waals surface area contributed by atoms with Gasteiger partial charge in [-0.2, -0.15) is 13.2 Å². The van der Waals surface area contributed by atoms with E-state index in [-0.39, 0.29) is 24.7 Å². The molecule has 0 spiro atoms. The van der Waals surface area contributed by atoms with Crippen molar-refractivity contribution in [1.29, 1.82) is 0 Å². The van der Waals surface area contributed by atoms with Crippen molar-refractivity contribution in [1.82, 2.24) is 10.3 Å². The number of nitrogens with zero attached hydrogens (tertiary/aromatic N) is 2. The summed E-state index contributed by atoms with van der Waals surface area (Å²) < 4.78 is 39.5. The molecule has 9 heteroatoms. The summed E-state index contributed by atoms with van der Waals surface area (Å²) in [6, 6.07) is 7.21. The molecule has 1 aliphatic rings. The average Bonchev–Trinajstić information content (AvgIpc) is 2.68. The SMILES string of the molecule is CC1CCN(c2nc(C(F)(F)F)ccc2CNC(=O)Cc2ccc(Cl)cc2Cl)CC1. The summed E-state index contributed by atoms with van der Waals surface area (Å²) in [6.07, 6.45) is -2.71. The first-order chi connectivity index (χ1) is 14.1. The number of carbonyl (C=O) groups is 1. The van der Waals surface area contributed by atoms with E-state index in [1.807, 2.05) is 4.90 Å². The predicted octanol–water partition coefficient (Wildman–Crippen LogP) is 5.50. The van der Waals surface area contributed by atoms with E-state index in [9.17, 15) is 18.0 Å². The molecule has 1 aliphatic heterocycles. The fraction of sp³-hybridized carbons (Fsp3) is 0.429. The highest BCUT2D eigenvalue weighted by Gasteiger charge is 2.34. The van der Waals surface area contributed by atoms with Gasteiger partial charge in [0.25, 0.3) is 0 Å². The molecule has 1 saturated heterocycles. The number of hydrogen-bond donors (Lipinski definition) is 1. The third-order valence-corrected chi connectivity index (χ3v) is 5.76. The first-order valence-corrected chi connectivity index (χ1v) is 10.4. The standard InChI is InChI=1S/C21H22Cl2F3N3O/c1-13-6-8-29(9-7-13)20-15(3-5-18(28-20)21(24,25)26)12-27-19(30)10-14-2-4-16(22)11-17(14)23/h2-5,11,13H,6-10,12H2,1H3,(H,27,30). The van der Waals surface area contributed by atoms with Gasteiger partial charge >= 0.3 is 6.18 Å². The Morgan fingerprint density at radius 3 is 2.47 bits per heavy atom. The fourth-order valence-electron chi connectivity index (χ4n) is 3.36. The van der Waals surface area contributed by atoms with E-state index in [1.165, 1.54) is 6.07 Å². The number of halogens is 5. The molecule has 4 nitrogen and oxygen atoms in total. The number of hydrogen-bond acceptors (Lipinski definition) is 3. The molecule has 3 rings (SSSR count). The van der Waals surface area contributed by atoms with Crippen LogP contribution in [0.25, 0.3) is 0 Å². The van der Waals surface area contributed by atoms with Crippen LogP contribution in [0.5, 0.6) is 0 Å². The molecule has 0 bridgehead atoms. The molecule has 1 N–H and O–H groups in total. The first-order valence-electron chi connectivity index (χ1n) is 9.66. The number of piperidine rings is 1. The van der Waals surface area contributed by atoms with E-state index in [0.717, 1.165) is 18.9 Å². The van der Waals surface area contributed by atoms with Crippen molar-refractivity contribution in [2.75, 3.05) is 18.0 Å². The Morgan fingerprint density at radius 1 is 1.17 bits per heavy atom. The molecule has 1 fully saturated rings. The Bertz CT molecular complexity index is 913. The monoisotopic (exact) mass is 459 g/mol. The van der Waals surface area contributed by atoms with E-state index in [0.29, 0.717) is 40.2 Å². The molecule has 30 heavy (non-hydrogen) atoms. The number of amides is 1. The van der Waals surface area contributed by atoms with Gasteiger partial charge in [0, 0.05) is 35.2 Å². The van der Waals surface area contributed by atoms with Gasteiger partial charge in [-0.05, 0) is 42.5 Å². The van der Waals surface area contributed by atoms with Gasteiger partial charge in [-0.1, -0.05) is 42.3 Å². The zero-order chi connectivity index (χ0) is 21.9. The smallest absolute Gasteiger partial charge is 0.356 e. The second-order valence-electron chi connectivity index (χ2n) is 7.54. The summed E-state index contributed by atoms with van der Waals surface area (Å²) in [6.45, 7) is 3.48. The molecule has 1 aromatic heterocycles. The van der Waals surface area contributed by atoms with Gasteiger partial charge in [-0.15, -0.1) is 0 Å². The van der Waals surface area contributed by atoms with Crippen molar-refractivity contribution in [3.63, 3.8) is 0 Å². The second kappa shape index (κ2) is 9.43. The van der Waals surface area contributed by atoms with Crippen molar-refractivity contribution in [3.8, 4) is 0 Å². The third kappa shape index (κ3) is 5.79. The lowest BCUT2D eigenvalue weighted by Crippen LogP contribution is -2.35. The Hall–Kier alpha value is -1.99. The summed E-state index contributed by atoms with van der Waals surface area (Å²) in [4.78, 5) is 18.1. The van der Waals surface area contributed by atoms with Crippen LogP contribution in [-0.2, 0) is 23.9 Å². The minimum Gasteiger partial charge on any atom is -0.356 e. The Kier molecular flexibility index (Phi) is 7.14. The van der Waals surface area contributed by atoms with Gasteiger partial charge in [0.2, 0.25) is 5.91 Å². The maximum atomic E-state index is 13.2. The van der Waals surface area contributed by atoms with E-state index in [4.69, 9.17) is 23.2 Å². The van der Waals surface area contributed by atoms with Gasteiger partial charge in [-0.25, -0.2) is 4.98 Å². The number of benzene rings is 1. The number of anilines is 1. The van der Waals surface area contributed by atoms with Crippen LogP contribution < -0.4 is 10.2 Å². The molecule has 0 atom stereocenters. The van der Waals surface area contributed by atoms with Crippen molar-refractivity contribution in [3.05, 3.63) is 57.2 Å². The highest BCUT2D eigenvalue weighted by Crippen LogP contribution is 2.32. The number of pyridine rings is 1. The summed E-state index contributed by atoms with van der Waals surface area (Å²) in [5.74, 6) is 0.512. The third-order valence-electron chi connectivity index (χ3n) is 5.17. The van der Waals surface area contributed by atoms with E-state index in [1.54, 1.807) is 18.2 Å². The van der Waals surface area contributed by atoms with Gasteiger partial charge < -0.3 is 10.2 Å². The molecule has 0 radical (unpaired) electrons. The van der Waals surface area contributed by atoms with Crippen LogP contribution >= 0.6 is 23.2 Å². The molecule has 2 heterocycles. The fourth-order valence-corrected chi connectivity index (χ4v) is 3.84. The van der Waals surface area contributed by atoms with Gasteiger partial charge in [0.05, 0.1) is 6.42 Å². The lowest BCUT2D eigenvalue weighted by atomic mass is 9.99. The van der Waals surface area contributed by atoms with Crippen molar-refractivity contribution in [2.45, 2.75) is 38.9 Å². The molecule has 0 aliphatic carbocycles. The minimum atomic E-state index is -4.52. The summed E-state index contributed by atoms with van der Waals surface area (Å²) >= 11 is 12.0. The van der Waals surface area contributed by atoms with Crippen LogP contribution in [0.15, 0.2) is 30.3 Å². The van der Waals surface area contributed by atoms with Crippen LogP contribution in [-0.4, -0.2) is 24.0 Å². The van der Waals surface area contributed by atoms with Gasteiger partial charge in [-0.3, -0.25) is 4.79 Å². The molecule has 0 saturated carbocycles.